The zero-order valence-corrected chi connectivity index (χ0v) is 25.9. The van der Waals surface area contributed by atoms with Crippen molar-refractivity contribution in [3.63, 3.8) is 0 Å². The second kappa shape index (κ2) is 14.4. The van der Waals surface area contributed by atoms with Gasteiger partial charge in [-0.3, -0.25) is 28.6 Å². The molecule has 6 rings (SSSR count). The number of hydrogen-bond donors (Lipinski definition) is 2. The summed E-state index contributed by atoms with van der Waals surface area (Å²) in [5.41, 5.74) is 3.60. The summed E-state index contributed by atoms with van der Waals surface area (Å²) in [7, 11) is 1.65. The highest BCUT2D eigenvalue weighted by molar-refractivity contribution is 5.92. The number of aromatic nitrogens is 5. The van der Waals surface area contributed by atoms with Gasteiger partial charge in [0.15, 0.2) is 0 Å². The van der Waals surface area contributed by atoms with Gasteiger partial charge in [-0.1, -0.05) is 41.6 Å². The van der Waals surface area contributed by atoms with E-state index in [4.69, 9.17) is 4.74 Å². The molecule has 2 bridgehead atoms. The molecule has 4 aromatic rings. The van der Waals surface area contributed by atoms with E-state index in [1.54, 1.807) is 29.1 Å². The van der Waals surface area contributed by atoms with Crippen LogP contribution in [0.1, 0.15) is 35.2 Å². The Bertz CT molecular complexity index is 1640. The number of aryl methyl sites for hydroxylation is 1. The molecule has 2 aromatic carbocycles. The van der Waals surface area contributed by atoms with Crippen molar-refractivity contribution in [2.45, 2.75) is 57.5 Å². The number of benzene rings is 2. The molecular weight excluding hydrogens is 586 g/mol. The molecule has 0 aliphatic carbocycles. The zero-order chi connectivity index (χ0) is 31.9. The third-order valence-corrected chi connectivity index (χ3v) is 8.43. The van der Waals surface area contributed by atoms with Crippen LogP contribution in [0.25, 0.3) is 0 Å². The van der Waals surface area contributed by atoms with Crippen LogP contribution in [0.15, 0.2) is 73.2 Å². The van der Waals surface area contributed by atoms with Gasteiger partial charge < -0.3 is 20.3 Å². The molecule has 13 nitrogen and oxygen atoms in total. The molecule has 0 spiro atoms. The van der Waals surface area contributed by atoms with E-state index in [0.29, 0.717) is 57.8 Å². The summed E-state index contributed by atoms with van der Waals surface area (Å²) >= 11 is 0. The third-order valence-electron chi connectivity index (χ3n) is 8.43. The van der Waals surface area contributed by atoms with Crippen molar-refractivity contribution in [1.82, 2.24) is 45.2 Å². The predicted molar refractivity (Wildman–Crippen MR) is 168 cm³/mol. The average Bonchev–Trinajstić information content (AvgIpc) is 3.75. The van der Waals surface area contributed by atoms with Crippen molar-refractivity contribution in [2.75, 3.05) is 26.7 Å². The summed E-state index contributed by atoms with van der Waals surface area (Å²) in [6.45, 7) is 3.08. The first-order valence-corrected chi connectivity index (χ1v) is 15.6. The predicted octanol–water partition coefficient (Wildman–Crippen LogP) is 1.38. The number of methoxy groups -OCH3 is 1. The van der Waals surface area contributed by atoms with E-state index in [-0.39, 0.29) is 30.7 Å². The minimum Gasteiger partial charge on any atom is -0.496 e. The maximum atomic E-state index is 14.2. The molecule has 2 atom stereocenters. The average molecular weight is 626 g/mol. The van der Waals surface area contributed by atoms with E-state index >= 15 is 0 Å². The van der Waals surface area contributed by atoms with Crippen LogP contribution in [0.2, 0.25) is 0 Å². The molecule has 3 amide bonds. The summed E-state index contributed by atoms with van der Waals surface area (Å²) in [5.74, 6) is 0.0252. The Labute approximate surface area is 267 Å². The second-order valence-corrected chi connectivity index (χ2v) is 11.7. The van der Waals surface area contributed by atoms with Crippen LogP contribution < -0.4 is 15.4 Å². The van der Waals surface area contributed by atoms with Crippen molar-refractivity contribution >= 4 is 17.7 Å². The highest BCUT2D eigenvalue weighted by atomic mass is 16.5. The van der Waals surface area contributed by atoms with Crippen molar-refractivity contribution < 1.29 is 19.1 Å². The van der Waals surface area contributed by atoms with Gasteiger partial charge >= 0.3 is 0 Å². The van der Waals surface area contributed by atoms with Crippen LogP contribution in [0.3, 0.4) is 0 Å². The molecule has 13 heteroatoms. The number of ether oxygens (including phenoxy) is 1. The largest absolute Gasteiger partial charge is 0.496 e. The molecule has 0 unspecified atom stereocenters. The van der Waals surface area contributed by atoms with Crippen LogP contribution in [0.5, 0.6) is 5.75 Å². The lowest BCUT2D eigenvalue weighted by molar-refractivity contribution is -0.146. The monoisotopic (exact) mass is 625 g/mol. The van der Waals surface area contributed by atoms with E-state index in [0.717, 1.165) is 22.4 Å². The minimum atomic E-state index is -0.800. The first kappa shape index (κ1) is 31.0. The van der Waals surface area contributed by atoms with Crippen molar-refractivity contribution in [1.29, 1.82) is 0 Å². The van der Waals surface area contributed by atoms with Crippen LogP contribution in [0, 0.1) is 0 Å². The van der Waals surface area contributed by atoms with Crippen LogP contribution in [-0.2, 0) is 47.0 Å². The molecule has 2 aromatic heterocycles. The molecule has 2 aliphatic rings. The molecule has 1 fully saturated rings. The topological polar surface area (TPSA) is 140 Å². The molecule has 2 N–H and O–H groups in total. The first-order valence-electron chi connectivity index (χ1n) is 15.6. The number of hydrogen-bond acceptors (Lipinski definition) is 8. The van der Waals surface area contributed by atoms with E-state index < -0.39 is 12.1 Å². The van der Waals surface area contributed by atoms with Gasteiger partial charge in [-0.25, -0.2) is 0 Å². The summed E-state index contributed by atoms with van der Waals surface area (Å²) in [6.07, 6.45) is 6.54. The second-order valence-electron chi connectivity index (χ2n) is 11.7. The number of amides is 3. The molecule has 1 saturated heterocycles. The molecule has 2 aliphatic heterocycles. The smallest absolute Gasteiger partial charge is 0.246 e. The van der Waals surface area contributed by atoms with Gasteiger partial charge in [0.2, 0.25) is 17.7 Å². The van der Waals surface area contributed by atoms with E-state index in [1.165, 1.54) is 0 Å². The minimum absolute atomic E-state index is 0.192. The number of nitrogens with zero attached hydrogens (tertiary/aromatic N) is 7. The van der Waals surface area contributed by atoms with Gasteiger partial charge in [0.1, 0.15) is 23.5 Å². The fraction of sp³-hybridized carbons (Fsp3) is 0.394. The molecule has 46 heavy (non-hydrogen) atoms. The number of nitrogens with one attached hydrogen (secondary N) is 2. The lowest BCUT2D eigenvalue weighted by Crippen LogP contribution is -2.63. The van der Waals surface area contributed by atoms with E-state index in [1.807, 2.05) is 59.4 Å². The van der Waals surface area contributed by atoms with Crippen molar-refractivity contribution in [2.24, 2.45) is 0 Å². The van der Waals surface area contributed by atoms with Crippen molar-refractivity contribution in [3.8, 4) is 5.75 Å². The normalized spacial score (nSPS) is 19.8. The molecule has 4 heterocycles. The standard InChI is InChI=1S/C33H39N9O4/c1-46-30-11-10-25(17-26(30)21-40-14-6-12-35-40)20-39-15-16-42-29(23-39)32(44)34-19-27-22-41(38-37-27)13-5-9-31(43)36-28(33(42)45)18-24-7-3-2-4-8-24/h2-4,6-8,10-12,14,17,22,28-29H,5,9,13,15-16,18-21,23H2,1H3,(H,34,44)(H,36,43)/t28-,29+/m0/s1. The molecular formula is C33H39N9O4. The Morgan fingerprint density at radius 3 is 2.65 bits per heavy atom. The SMILES string of the molecule is COc1ccc(CN2CCN3C(=O)[C@H](Cc4ccccc4)NC(=O)CCCn4cc(nn4)CNC(=O)[C@H]3C2)cc1Cn1cccn1. The Morgan fingerprint density at radius 1 is 0.978 bits per heavy atom. The maximum Gasteiger partial charge on any atom is 0.246 e. The maximum absolute atomic E-state index is 14.2. The summed E-state index contributed by atoms with van der Waals surface area (Å²) in [5, 5.41) is 18.6. The van der Waals surface area contributed by atoms with Crippen molar-refractivity contribution in [3.05, 3.63) is 95.6 Å². The van der Waals surface area contributed by atoms with Gasteiger partial charge in [-0.15, -0.1) is 5.10 Å². The Hall–Kier alpha value is -5.04. The quantitative estimate of drug-likeness (QED) is 0.314. The first-order chi connectivity index (χ1) is 22.4. The number of carbonyl (C=O) groups is 3. The van der Waals surface area contributed by atoms with Crippen LogP contribution >= 0.6 is 0 Å². The lowest BCUT2D eigenvalue weighted by Gasteiger charge is -2.42. The summed E-state index contributed by atoms with van der Waals surface area (Å²) < 4.78 is 9.12. The number of rotatable bonds is 7. The fourth-order valence-electron chi connectivity index (χ4n) is 6.09. The third kappa shape index (κ3) is 7.60. The summed E-state index contributed by atoms with van der Waals surface area (Å²) in [4.78, 5) is 44.9. The molecule has 0 saturated carbocycles. The van der Waals surface area contributed by atoms with Gasteiger partial charge in [-0.2, -0.15) is 5.10 Å². The zero-order valence-electron chi connectivity index (χ0n) is 25.9. The molecule has 240 valence electrons. The Balaban J connectivity index is 1.24. The summed E-state index contributed by atoms with van der Waals surface area (Å²) in [6, 6.07) is 16.0. The van der Waals surface area contributed by atoms with Gasteiger partial charge in [0.05, 0.1) is 26.4 Å². The van der Waals surface area contributed by atoms with Gasteiger partial charge in [0, 0.05) is 63.5 Å². The van der Waals surface area contributed by atoms with E-state index in [2.05, 4.69) is 37.0 Å². The van der Waals surface area contributed by atoms with Crippen LogP contribution in [0.4, 0.5) is 0 Å². The van der Waals surface area contributed by atoms with Crippen LogP contribution in [-0.4, -0.2) is 91.1 Å². The number of carbonyl (C=O) groups excluding carboxylic acids is 3. The van der Waals surface area contributed by atoms with Gasteiger partial charge in [0.25, 0.3) is 0 Å². The number of piperazine rings is 1. The Kier molecular flexibility index (Phi) is 9.68. The molecule has 0 radical (unpaired) electrons. The van der Waals surface area contributed by atoms with E-state index in [9.17, 15) is 14.4 Å². The van der Waals surface area contributed by atoms with Gasteiger partial charge in [-0.05, 0) is 35.7 Å². The highest BCUT2D eigenvalue weighted by Gasteiger charge is 2.38. The fourth-order valence-corrected chi connectivity index (χ4v) is 6.09. The lowest BCUT2D eigenvalue weighted by atomic mass is 10.0. The Morgan fingerprint density at radius 2 is 1.85 bits per heavy atom. The highest BCUT2D eigenvalue weighted by Crippen LogP contribution is 2.23. The number of fused-ring (bicyclic) bond motifs is 3.